The first-order valence-electron chi connectivity index (χ1n) is 13.5. The van der Waals surface area contributed by atoms with E-state index in [-0.39, 0.29) is 36.0 Å². The zero-order chi connectivity index (χ0) is 29.3. The summed E-state index contributed by atoms with van der Waals surface area (Å²) in [5.41, 5.74) is 2.13. The molecular weight excluding hydrogens is 534 g/mol. The summed E-state index contributed by atoms with van der Waals surface area (Å²) in [7, 11) is 0. The van der Waals surface area contributed by atoms with Gasteiger partial charge in [0.2, 0.25) is 0 Å². The number of β-amino-alcohol motifs (C(OH)–C–C–N with tert-alkyl or cyclic N) is 1. The van der Waals surface area contributed by atoms with E-state index in [1.807, 2.05) is 13.0 Å². The number of carboxylic acids is 1. The van der Waals surface area contributed by atoms with Gasteiger partial charge >= 0.3 is 5.97 Å². The van der Waals surface area contributed by atoms with E-state index >= 15 is 0 Å². The molecule has 1 unspecified atom stereocenters. The molecule has 3 aromatic carbocycles. The molecule has 0 spiro atoms. The Morgan fingerprint density at radius 2 is 1.76 bits per heavy atom. The molecule has 10 heteroatoms. The largest absolute Gasteiger partial charge is 0.488 e. The molecule has 41 heavy (non-hydrogen) atoms. The highest BCUT2D eigenvalue weighted by Crippen LogP contribution is 2.44. The van der Waals surface area contributed by atoms with Crippen molar-refractivity contribution >= 4 is 17.6 Å². The molecule has 5 rings (SSSR count). The minimum atomic E-state index is -1.08. The molecule has 0 aromatic heterocycles. The number of anilines is 1. The fraction of sp³-hybridized carbons (Fsp3) is 0.355. The fourth-order valence-electron chi connectivity index (χ4n) is 4.69. The molecule has 0 aliphatic heterocycles. The number of halogens is 2. The number of aliphatic hydroxyl groups is 1. The van der Waals surface area contributed by atoms with Gasteiger partial charge in [-0.3, -0.25) is 14.9 Å². The van der Waals surface area contributed by atoms with E-state index < -0.39 is 29.3 Å². The van der Waals surface area contributed by atoms with Crippen LogP contribution in [0.2, 0.25) is 0 Å². The van der Waals surface area contributed by atoms with Gasteiger partial charge in [0, 0.05) is 18.3 Å². The number of hydrogen-bond donors (Lipinski definition) is 4. The van der Waals surface area contributed by atoms with Crippen LogP contribution in [-0.4, -0.2) is 46.9 Å². The molecule has 2 saturated carbocycles. The topological polar surface area (TPSA) is 117 Å². The molecule has 0 bridgehead atoms. The molecule has 1 amide bonds. The first-order chi connectivity index (χ1) is 19.5. The molecular formula is C31H32F2N2O6. The van der Waals surface area contributed by atoms with Crippen LogP contribution in [0.25, 0.3) is 0 Å². The Morgan fingerprint density at radius 1 is 1.00 bits per heavy atom. The number of aliphatic carboxylic acids is 1. The Labute approximate surface area is 236 Å². The van der Waals surface area contributed by atoms with Gasteiger partial charge in [0.1, 0.15) is 35.6 Å². The first-order valence-corrected chi connectivity index (χ1v) is 13.5. The third-order valence-electron chi connectivity index (χ3n) is 7.44. The van der Waals surface area contributed by atoms with Crippen LogP contribution in [0, 0.1) is 25.5 Å². The SMILES string of the molecule is Cc1cc(F)ccc1Oc1cc(C2CC2)c(C)cc1C(=O)Nc1ccc(F)c(OCC(O)CNC2(C(=O)O)CC2)c1. The highest BCUT2D eigenvalue weighted by molar-refractivity contribution is 6.06. The lowest BCUT2D eigenvalue weighted by molar-refractivity contribution is -0.140. The van der Waals surface area contributed by atoms with Crippen molar-refractivity contribution in [2.45, 2.75) is 57.1 Å². The van der Waals surface area contributed by atoms with Gasteiger partial charge in [-0.1, -0.05) is 0 Å². The van der Waals surface area contributed by atoms with E-state index in [0.29, 0.717) is 35.8 Å². The van der Waals surface area contributed by atoms with Crippen molar-refractivity contribution in [3.8, 4) is 17.2 Å². The molecule has 1 atom stereocenters. The van der Waals surface area contributed by atoms with Gasteiger partial charge in [-0.2, -0.15) is 0 Å². The molecule has 216 valence electrons. The third kappa shape index (κ3) is 6.66. The predicted molar refractivity (Wildman–Crippen MR) is 148 cm³/mol. The highest BCUT2D eigenvalue weighted by Gasteiger charge is 2.50. The van der Waals surface area contributed by atoms with Crippen molar-refractivity contribution in [3.63, 3.8) is 0 Å². The monoisotopic (exact) mass is 566 g/mol. The van der Waals surface area contributed by atoms with Crippen LogP contribution in [0.1, 0.15) is 58.6 Å². The average molecular weight is 567 g/mol. The Morgan fingerprint density at radius 3 is 2.41 bits per heavy atom. The molecule has 0 radical (unpaired) electrons. The zero-order valence-electron chi connectivity index (χ0n) is 22.8. The number of aryl methyl sites for hydroxylation is 2. The number of carbonyl (C=O) groups is 2. The van der Waals surface area contributed by atoms with Crippen molar-refractivity contribution in [2.24, 2.45) is 0 Å². The van der Waals surface area contributed by atoms with Crippen LogP contribution in [0.4, 0.5) is 14.5 Å². The summed E-state index contributed by atoms with van der Waals surface area (Å²) in [6.07, 6.45) is 2.00. The number of rotatable bonds is 12. The summed E-state index contributed by atoms with van der Waals surface area (Å²) in [6, 6.07) is 11.6. The second-order valence-electron chi connectivity index (χ2n) is 10.8. The van der Waals surface area contributed by atoms with Gasteiger partial charge in [-0.05, 0) is 105 Å². The van der Waals surface area contributed by atoms with Crippen LogP contribution in [0.15, 0.2) is 48.5 Å². The van der Waals surface area contributed by atoms with Crippen molar-refractivity contribution < 1.29 is 38.1 Å². The summed E-state index contributed by atoms with van der Waals surface area (Å²) >= 11 is 0. The third-order valence-corrected chi connectivity index (χ3v) is 7.44. The fourth-order valence-corrected chi connectivity index (χ4v) is 4.69. The number of nitrogens with one attached hydrogen (secondary N) is 2. The molecule has 3 aromatic rings. The summed E-state index contributed by atoms with van der Waals surface area (Å²) in [5.74, 6) is -1.56. The number of ether oxygens (including phenoxy) is 2. The molecule has 4 N–H and O–H groups in total. The Bertz CT molecular complexity index is 1490. The maximum absolute atomic E-state index is 14.5. The van der Waals surface area contributed by atoms with Crippen LogP contribution in [0.3, 0.4) is 0 Å². The number of aliphatic hydroxyl groups excluding tert-OH is 1. The van der Waals surface area contributed by atoms with E-state index in [4.69, 9.17) is 9.47 Å². The summed E-state index contributed by atoms with van der Waals surface area (Å²) < 4.78 is 39.7. The number of benzene rings is 3. The van der Waals surface area contributed by atoms with Gasteiger partial charge in [0.15, 0.2) is 11.6 Å². The van der Waals surface area contributed by atoms with Gasteiger partial charge in [-0.15, -0.1) is 0 Å². The maximum atomic E-state index is 14.5. The number of carboxylic acid groups (broad SMARTS) is 1. The van der Waals surface area contributed by atoms with Crippen LogP contribution < -0.4 is 20.1 Å². The van der Waals surface area contributed by atoms with Gasteiger partial charge in [0.25, 0.3) is 5.91 Å². The van der Waals surface area contributed by atoms with E-state index in [2.05, 4.69) is 10.6 Å². The minimum absolute atomic E-state index is 0.0309. The minimum Gasteiger partial charge on any atom is -0.488 e. The molecule has 2 fully saturated rings. The van der Waals surface area contributed by atoms with Gasteiger partial charge < -0.3 is 25.0 Å². The molecule has 8 nitrogen and oxygen atoms in total. The lowest BCUT2D eigenvalue weighted by Gasteiger charge is -2.18. The zero-order valence-corrected chi connectivity index (χ0v) is 22.8. The van der Waals surface area contributed by atoms with Gasteiger partial charge in [0.05, 0.1) is 5.56 Å². The predicted octanol–water partition coefficient (Wildman–Crippen LogP) is 5.45. The summed E-state index contributed by atoms with van der Waals surface area (Å²) in [6.45, 7) is 3.34. The molecule has 0 heterocycles. The Hall–Kier alpha value is -4.02. The van der Waals surface area contributed by atoms with Crippen molar-refractivity contribution in [2.75, 3.05) is 18.5 Å². The number of amides is 1. The summed E-state index contributed by atoms with van der Waals surface area (Å²) in [5, 5.41) is 25.0. The molecule has 2 aliphatic carbocycles. The number of hydrogen-bond acceptors (Lipinski definition) is 6. The van der Waals surface area contributed by atoms with Crippen molar-refractivity contribution in [3.05, 3.63) is 82.4 Å². The van der Waals surface area contributed by atoms with Gasteiger partial charge in [-0.25, -0.2) is 8.78 Å². The normalized spacial score (nSPS) is 16.1. The van der Waals surface area contributed by atoms with Crippen molar-refractivity contribution in [1.82, 2.24) is 5.32 Å². The smallest absolute Gasteiger partial charge is 0.323 e. The Kier molecular flexibility index (Phi) is 7.97. The highest BCUT2D eigenvalue weighted by atomic mass is 19.1. The lowest BCUT2D eigenvalue weighted by atomic mass is 9.99. The second-order valence-corrected chi connectivity index (χ2v) is 10.8. The quantitative estimate of drug-likeness (QED) is 0.230. The average Bonchev–Trinajstić information content (AvgIpc) is 3.85. The first kappa shape index (κ1) is 28.5. The molecule has 0 saturated heterocycles. The lowest BCUT2D eigenvalue weighted by Crippen LogP contribution is -2.44. The Balaban J connectivity index is 1.30. The van der Waals surface area contributed by atoms with E-state index in [1.54, 1.807) is 13.0 Å². The summed E-state index contributed by atoms with van der Waals surface area (Å²) in [4.78, 5) is 24.7. The van der Waals surface area contributed by atoms with Crippen LogP contribution >= 0.6 is 0 Å². The van der Waals surface area contributed by atoms with E-state index in [1.165, 1.54) is 30.3 Å². The van der Waals surface area contributed by atoms with E-state index in [0.717, 1.165) is 30.0 Å². The number of carbonyl (C=O) groups excluding carboxylic acids is 1. The van der Waals surface area contributed by atoms with Crippen LogP contribution in [0.5, 0.6) is 17.2 Å². The van der Waals surface area contributed by atoms with Crippen LogP contribution in [-0.2, 0) is 4.79 Å². The standard InChI is InChI=1S/C31H32F2N2O6/c1-17-12-24(27(14-23(17)19-3-4-19)41-26-8-5-20(32)11-18(26)2)29(37)35-21-6-7-25(33)28(13-21)40-16-22(36)15-34-31(9-10-31)30(38)39/h5-8,11-14,19,22,34,36H,3-4,9-10,15-16H2,1-2H3,(H,35,37)(H,38,39). The van der Waals surface area contributed by atoms with E-state index in [9.17, 15) is 28.6 Å². The maximum Gasteiger partial charge on any atom is 0.323 e. The van der Waals surface area contributed by atoms with Crippen molar-refractivity contribution in [1.29, 1.82) is 0 Å². The molecule has 2 aliphatic rings. The second kappa shape index (κ2) is 11.5.